The molecule has 0 aliphatic rings. The minimum Gasteiger partial charge on any atom is -0.444 e. The number of ether oxygens (including phenoxy) is 1. The minimum atomic E-state index is -2.52. The maximum atomic E-state index is 13.9. The van der Waals surface area contributed by atoms with Gasteiger partial charge < -0.3 is 9.64 Å². The summed E-state index contributed by atoms with van der Waals surface area (Å²) in [6, 6.07) is 80.4. The van der Waals surface area contributed by atoms with E-state index in [1.807, 2.05) is 57.2 Å². The number of amides is 1. The van der Waals surface area contributed by atoms with Gasteiger partial charge in [-0.2, -0.15) is 0 Å². The van der Waals surface area contributed by atoms with E-state index in [1.165, 1.54) is 31.8 Å². The molecule has 0 heterocycles. The van der Waals surface area contributed by atoms with E-state index in [4.69, 9.17) is 14.2 Å². The van der Waals surface area contributed by atoms with E-state index >= 15 is 0 Å². The first-order chi connectivity index (χ1) is 32.3. The molecule has 0 radical (unpaired) electrons. The van der Waals surface area contributed by atoms with E-state index in [1.54, 1.807) is 4.90 Å². The lowest BCUT2D eigenvalue weighted by molar-refractivity contribution is 0.0293. The summed E-state index contributed by atoms with van der Waals surface area (Å²) in [4.78, 5) is 15.6. The molecule has 66 heavy (non-hydrogen) atoms. The molecule has 0 N–H and O–H groups in total. The van der Waals surface area contributed by atoms with Gasteiger partial charge in [-0.25, -0.2) is 4.79 Å². The summed E-state index contributed by atoms with van der Waals surface area (Å²) in [5.74, 6) is 0. The van der Waals surface area contributed by atoms with E-state index < -0.39 is 25.8 Å². The van der Waals surface area contributed by atoms with Crippen molar-refractivity contribution in [2.45, 2.75) is 26.4 Å². The predicted octanol–water partition coefficient (Wildman–Crippen LogP) is 13.3. The summed E-state index contributed by atoms with van der Waals surface area (Å²) < 4.78 is 17.6. The molecule has 0 atom stereocenters. The highest BCUT2D eigenvalue weighted by Crippen LogP contribution is 2.51. The van der Waals surface area contributed by atoms with Crippen LogP contribution >= 0.6 is 14.1 Å². The predicted molar refractivity (Wildman–Crippen MR) is 283 cm³/mol. The van der Waals surface area contributed by atoms with Crippen LogP contribution in [0.4, 0.5) is 16.2 Å². The van der Waals surface area contributed by atoms with Gasteiger partial charge >= 0.3 is 6.09 Å². The summed E-state index contributed by atoms with van der Waals surface area (Å²) in [7, 11) is -5.03. The van der Waals surface area contributed by atoms with Gasteiger partial charge in [0.25, 0.3) is 0 Å². The molecule has 0 unspecified atom stereocenters. The summed E-state index contributed by atoms with van der Waals surface area (Å²) in [6.07, 6.45) is 7.81. The number of hydrogen-bond donors (Lipinski definition) is 0. The zero-order chi connectivity index (χ0) is 45.7. The van der Waals surface area contributed by atoms with Crippen LogP contribution in [0, 0.1) is 0 Å². The molecule has 7 heteroatoms. The van der Waals surface area contributed by atoms with Crippen molar-refractivity contribution in [1.29, 1.82) is 0 Å². The van der Waals surface area contributed by atoms with Crippen LogP contribution in [-0.4, -0.2) is 29.7 Å². The minimum absolute atomic E-state index is 0.320. The van der Waals surface area contributed by atoms with Gasteiger partial charge in [-0.05, 0) is 44.0 Å². The van der Waals surface area contributed by atoms with Gasteiger partial charge in [-0.1, -0.05) is 243 Å². The Morgan fingerprint density at radius 1 is 0.424 bits per heavy atom. The number of nitrogens with zero attached hydrogens (tertiary/aromatic N) is 3. The second kappa shape index (κ2) is 21.3. The Hall–Kier alpha value is -7.03. The first-order valence-corrected chi connectivity index (χ1v) is 25.8. The fourth-order valence-electron chi connectivity index (χ4n) is 8.03. The zero-order valence-electron chi connectivity index (χ0n) is 37.7. The van der Waals surface area contributed by atoms with Crippen molar-refractivity contribution in [3.8, 4) is 0 Å². The molecule has 0 aliphatic heterocycles. The fourth-order valence-corrected chi connectivity index (χ4v) is 15.1. The van der Waals surface area contributed by atoms with Gasteiger partial charge in [0.1, 0.15) is 5.60 Å². The van der Waals surface area contributed by atoms with Crippen molar-refractivity contribution in [2.75, 3.05) is 13.1 Å². The molecule has 0 saturated heterocycles. The molecule has 8 aromatic rings. The smallest absolute Gasteiger partial charge is 0.410 e. The van der Waals surface area contributed by atoms with Crippen LogP contribution in [-0.2, 0) is 4.74 Å². The van der Waals surface area contributed by atoms with Crippen LogP contribution in [0.5, 0.6) is 0 Å². The van der Waals surface area contributed by atoms with Crippen LogP contribution in [0.2, 0.25) is 0 Å². The largest absolute Gasteiger partial charge is 0.444 e. The summed E-state index contributed by atoms with van der Waals surface area (Å²) in [6.45, 7) is 6.33. The highest BCUT2D eigenvalue weighted by molar-refractivity contribution is 7.88. The second-order valence-electron chi connectivity index (χ2n) is 16.8. The van der Waals surface area contributed by atoms with Crippen molar-refractivity contribution in [3.05, 3.63) is 254 Å². The van der Waals surface area contributed by atoms with E-state index in [0.29, 0.717) is 13.1 Å². The van der Waals surface area contributed by atoms with Gasteiger partial charge in [-0.3, -0.25) is 9.49 Å². The molecule has 0 saturated carbocycles. The van der Waals surface area contributed by atoms with Crippen LogP contribution in [0.15, 0.2) is 252 Å². The number of hydrogen-bond acceptors (Lipinski definition) is 4. The molecular weight excluding hydrogens is 845 g/mol. The highest BCUT2D eigenvalue weighted by atomic mass is 31.2. The maximum Gasteiger partial charge on any atom is 0.410 e. The van der Waals surface area contributed by atoms with Crippen molar-refractivity contribution in [1.82, 2.24) is 4.90 Å². The number of benzene rings is 8. The molecule has 8 aromatic carbocycles. The highest BCUT2D eigenvalue weighted by Gasteiger charge is 2.29. The lowest BCUT2D eigenvalue weighted by Gasteiger charge is -2.27. The molecule has 0 spiro atoms. The maximum absolute atomic E-state index is 13.9. The van der Waals surface area contributed by atoms with E-state index in [9.17, 15) is 4.79 Å². The molecule has 0 aliphatic carbocycles. The zero-order valence-corrected chi connectivity index (χ0v) is 39.5. The normalized spacial score (nSPS) is 11.9. The average Bonchev–Trinajstić information content (AvgIpc) is 3.36. The van der Waals surface area contributed by atoms with Crippen molar-refractivity contribution in [2.24, 2.45) is 9.49 Å². The molecule has 328 valence electrons. The first-order valence-electron chi connectivity index (χ1n) is 22.3. The average molecular weight is 900 g/mol. The molecule has 0 aromatic heterocycles. The number of rotatable bonds is 14. The molecule has 1 amide bonds. The van der Waals surface area contributed by atoms with Crippen molar-refractivity contribution >= 4 is 75.6 Å². The third kappa shape index (κ3) is 10.6. The van der Waals surface area contributed by atoms with Crippen LogP contribution < -0.4 is 31.8 Å². The molecule has 8 rings (SSSR count). The molecular formula is C59H55N3O2P2. The third-order valence-corrected chi connectivity index (χ3v) is 18.4. The van der Waals surface area contributed by atoms with Gasteiger partial charge in [0.2, 0.25) is 0 Å². The van der Waals surface area contributed by atoms with Crippen LogP contribution in [0.25, 0.3) is 12.2 Å². The monoisotopic (exact) mass is 899 g/mol. The van der Waals surface area contributed by atoms with E-state index in [2.05, 4.69) is 218 Å². The van der Waals surface area contributed by atoms with E-state index in [-0.39, 0.29) is 0 Å². The second-order valence-corrected chi connectivity index (χ2v) is 22.8. The first kappa shape index (κ1) is 45.5. The van der Waals surface area contributed by atoms with Crippen molar-refractivity contribution in [3.63, 3.8) is 0 Å². The van der Waals surface area contributed by atoms with Gasteiger partial charge in [0, 0.05) is 44.9 Å². The number of carbonyl (C=O) groups is 1. The standard InChI is InChI=1S/C59H55N3O2P2/c1-59(2,3)64-58(63)62(46-26-30-48-28-22-24-44-56(48)60-65(50-32-10-4-11-33-50,51-34-12-5-13-35-51)52-36-14-6-15-37-52)47-27-31-49-29-23-25-45-57(49)61-66(53-38-16-7-17-39-53,54-40-18-8-19-41-54)55-42-20-9-21-43-55/h4-45H,46-47H2,1-3H3/b30-26+,31-27+. The van der Waals surface area contributed by atoms with E-state index in [0.717, 1.165) is 22.5 Å². The summed E-state index contributed by atoms with van der Waals surface area (Å²) in [5, 5.41) is 7.03. The Morgan fingerprint density at radius 3 is 0.955 bits per heavy atom. The van der Waals surface area contributed by atoms with Gasteiger partial charge in [0.05, 0.1) is 25.5 Å². The molecule has 5 nitrogen and oxygen atoms in total. The fraction of sp³-hybridized carbons (Fsp3) is 0.102. The summed E-state index contributed by atoms with van der Waals surface area (Å²) >= 11 is 0. The quantitative estimate of drug-likeness (QED) is 0.102. The molecule has 0 bridgehead atoms. The Balaban J connectivity index is 1.15. The lowest BCUT2D eigenvalue weighted by atomic mass is 10.1. The Kier molecular flexibility index (Phi) is 14.7. The van der Waals surface area contributed by atoms with Gasteiger partial charge in [-0.15, -0.1) is 0 Å². The topological polar surface area (TPSA) is 54.3 Å². The number of carbonyl (C=O) groups excluding carboxylic acids is 1. The lowest BCUT2D eigenvalue weighted by Crippen LogP contribution is -2.37. The third-order valence-electron chi connectivity index (χ3n) is 11.1. The van der Waals surface area contributed by atoms with Crippen LogP contribution in [0.3, 0.4) is 0 Å². The Morgan fingerprint density at radius 2 is 0.682 bits per heavy atom. The Labute approximate surface area is 390 Å². The van der Waals surface area contributed by atoms with Gasteiger partial charge in [0.15, 0.2) is 0 Å². The molecule has 0 fully saturated rings. The summed E-state index contributed by atoms with van der Waals surface area (Å²) in [5.41, 5.74) is 3.01. The van der Waals surface area contributed by atoms with Crippen LogP contribution in [0.1, 0.15) is 31.9 Å². The SMILES string of the molecule is CC(C)(C)OC(=O)N(C/C=C/c1ccccc1N=P(c1ccccc1)(c1ccccc1)c1ccccc1)C/C=C/c1ccccc1N=P(c1ccccc1)(c1ccccc1)c1ccccc1. The Bertz CT molecular complexity index is 2600. The van der Waals surface area contributed by atoms with Crippen molar-refractivity contribution < 1.29 is 9.53 Å².